The molecule has 0 radical (unpaired) electrons. The van der Waals surface area contributed by atoms with Gasteiger partial charge in [0.2, 0.25) is 6.41 Å². The number of carbonyl (C=O) groups is 1. The van der Waals surface area contributed by atoms with Gasteiger partial charge in [-0.15, -0.1) is 0 Å². The first-order valence-corrected chi connectivity index (χ1v) is 4.13. The van der Waals surface area contributed by atoms with Gasteiger partial charge in [0.25, 0.3) is 0 Å². The Hall–Kier alpha value is -1.51. The predicted octanol–water partition coefficient (Wildman–Crippen LogP) is 1.63. The van der Waals surface area contributed by atoms with E-state index in [4.69, 9.17) is 0 Å². The van der Waals surface area contributed by atoms with Gasteiger partial charge in [-0.1, -0.05) is 6.07 Å². The number of amides is 1. The fraction of sp³-hybridized carbons (Fsp3) is 0.300. The minimum atomic E-state index is 0.685. The molecule has 0 aliphatic carbocycles. The van der Waals surface area contributed by atoms with Crippen LogP contribution >= 0.6 is 0 Å². The van der Waals surface area contributed by atoms with E-state index in [0.717, 1.165) is 11.4 Å². The first-order chi connectivity index (χ1) is 6.15. The summed E-state index contributed by atoms with van der Waals surface area (Å²) in [4.78, 5) is 12.2. The lowest BCUT2D eigenvalue weighted by Gasteiger charge is -2.16. The second-order valence-corrected chi connectivity index (χ2v) is 3.16. The predicted molar refractivity (Wildman–Crippen MR) is 55.2 cm³/mol. The minimum Gasteiger partial charge on any atom is -0.377 e. The Morgan fingerprint density at radius 3 is 2.62 bits per heavy atom. The van der Waals surface area contributed by atoms with E-state index < -0.39 is 0 Å². The van der Waals surface area contributed by atoms with Gasteiger partial charge in [-0.3, -0.25) is 4.79 Å². The minimum absolute atomic E-state index is 0.685. The summed E-state index contributed by atoms with van der Waals surface area (Å²) in [6.07, 6.45) is 0.685. The maximum Gasteiger partial charge on any atom is 0.211 e. The number of benzene rings is 1. The molecular weight excluding hydrogens is 164 g/mol. The van der Waals surface area contributed by atoms with Crippen LogP contribution < -0.4 is 10.2 Å². The second-order valence-electron chi connectivity index (χ2n) is 3.16. The molecular formula is C10H14N2O. The molecule has 3 nitrogen and oxygen atoms in total. The smallest absolute Gasteiger partial charge is 0.211 e. The number of nitrogens with zero attached hydrogens (tertiary/aromatic N) is 1. The van der Waals surface area contributed by atoms with Crippen molar-refractivity contribution in [3.63, 3.8) is 0 Å². The van der Waals surface area contributed by atoms with Crippen LogP contribution in [0.15, 0.2) is 18.2 Å². The molecule has 0 saturated carbocycles. The standard InChI is InChI=1S/C10H14N2O/c1-8-4-5-9(11-7-13)6-10(8)12(2)3/h4-7H,1-3H3,(H,11,13). The monoisotopic (exact) mass is 178 g/mol. The average Bonchev–Trinajstić information content (AvgIpc) is 2.08. The van der Waals surface area contributed by atoms with E-state index in [1.165, 1.54) is 5.56 Å². The SMILES string of the molecule is Cc1ccc(NC=O)cc1N(C)C. The van der Waals surface area contributed by atoms with E-state index in [-0.39, 0.29) is 0 Å². The van der Waals surface area contributed by atoms with Crippen LogP contribution in [0.1, 0.15) is 5.56 Å². The highest BCUT2D eigenvalue weighted by Crippen LogP contribution is 2.21. The van der Waals surface area contributed by atoms with Gasteiger partial charge in [0.05, 0.1) is 0 Å². The summed E-state index contributed by atoms with van der Waals surface area (Å²) >= 11 is 0. The largest absolute Gasteiger partial charge is 0.377 e. The Morgan fingerprint density at radius 1 is 1.38 bits per heavy atom. The van der Waals surface area contributed by atoms with Crippen molar-refractivity contribution in [1.82, 2.24) is 0 Å². The second kappa shape index (κ2) is 3.94. The molecule has 0 fully saturated rings. The van der Waals surface area contributed by atoms with Gasteiger partial charge in [0.1, 0.15) is 0 Å². The molecule has 1 aromatic carbocycles. The molecule has 3 heteroatoms. The molecule has 0 aliphatic heterocycles. The maximum atomic E-state index is 10.2. The highest BCUT2D eigenvalue weighted by atomic mass is 16.1. The van der Waals surface area contributed by atoms with Gasteiger partial charge in [-0.05, 0) is 24.6 Å². The van der Waals surface area contributed by atoms with Crippen LogP contribution in [-0.4, -0.2) is 20.5 Å². The van der Waals surface area contributed by atoms with Gasteiger partial charge >= 0.3 is 0 Å². The molecule has 0 aliphatic rings. The molecule has 0 atom stereocenters. The van der Waals surface area contributed by atoms with Gasteiger partial charge < -0.3 is 10.2 Å². The third kappa shape index (κ3) is 2.21. The van der Waals surface area contributed by atoms with Gasteiger partial charge in [0, 0.05) is 25.5 Å². The fourth-order valence-corrected chi connectivity index (χ4v) is 1.25. The first-order valence-electron chi connectivity index (χ1n) is 4.13. The van der Waals surface area contributed by atoms with Crippen molar-refractivity contribution < 1.29 is 4.79 Å². The van der Waals surface area contributed by atoms with Crippen molar-refractivity contribution in [2.75, 3.05) is 24.3 Å². The molecule has 13 heavy (non-hydrogen) atoms. The molecule has 0 heterocycles. The summed E-state index contributed by atoms with van der Waals surface area (Å²) in [5, 5.41) is 2.62. The van der Waals surface area contributed by atoms with Crippen molar-refractivity contribution >= 4 is 17.8 Å². The number of hydrogen-bond acceptors (Lipinski definition) is 2. The van der Waals surface area contributed by atoms with E-state index >= 15 is 0 Å². The van der Waals surface area contributed by atoms with Crippen LogP contribution in [-0.2, 0) is 4.79 Å². The van der Waals surface area contributed by atoms with E-state index in [1.54, 1.807) is 0 Å². The number of aryl methyl sites for hydroxylation is 1. The normalized spacial score (nSPS) is 9.46. The highest BCUT2D eigenvalue weighted by molar-refractivity contribution is 5.74. The van der Waals surface area contributed by atoms with Gasteiger partial charge in [-0.2, -0.15) is 0 Å². The molecule has 1 N–H and O–H groups in total. The summed E-state index contributed by atoms with van der Waals surface area (Å²) in [5.41, 5.74) is 3.14. The number of anilines is 2. The lowest BCUT2D eigenvalue weighted by molar-refractivity contribution is -0.105. The Morgan fingerprint density at radius 2 is 2.08 bits per heavy atom. The van der Waals surface area contributed by atoms with Crippen LogP contribution in [0.4, 0.5) is 11.4 Å². The lowest BCUT2D eigenvalue weighted by Crippen LogP contribution is -2.10. The van der Waals surface area contributed by atoms with Crippen LogP contribution in [0.5, 0.6) is 0 Å². The lowest BCUT2D eigenvalue weighted by atomic mass is 10.1. The Kier molecular flexibility index (Phi) is 2.90. The van der Waals surface area contributed by atoms with Crippen LogP contribution in [0, 0.1) is 6.92 Å². The number of hydrogen-bond donors (Lipinski definition) is 1. The third-order valence-corrected chi connectivity index (χ3v) is 1.92. The van der Waals surface area contributed by atoms with Crippen LogP contribution in [0.25, 0.3) is 0 Å². The van der Waals surface area contributed by atoms with Crippen molar-refractivity contribution in [3.8, 4) is 0 Å². The Labute approximate surface area is 78.4 Å². The molecule has 0 unspecified atom stereocenters. The van der Waals surface area contributed by atoms with E-state index in [0.29, 0.717) is 6.41 Å². The first kappa shape index (κ1) is 9.58. The quantitative estimate of drug-likeness (QED) is 0.713. The fourth-order valence-electron chi connectivity index (χ4n) is 1.25. The van der Waals surface area contributed by atoms with E-state index in [1.807, 2.05) is 44.1 Å². The summed E-state index contributed by atoms with van der Waals surface area (Å²) in [7, 11) is 3.96. The molecule has 0 saturated heterocycles. The Balaban J connectivity index is 3.03. The average molecular weight is 178 g/mol. The molecule has 70 valence electrons. The zero-order valence-electron chi connectivity index (χ0n) is 8.16. The van der Waals surface area contributed by atoms with Crippen molar-refractivity contribution in [2.24, 2.45) is 0 Å². The summed E-state index contributed by atoms with van der Waals surface area (Å²) in [6, 6.07) is 5.82. The topological polar surface area (TPSA) is 32.3 Å². The maximum absolute atomic E-state index is 10.2. The molecule has 0 aromatic heterocycles. The molecule has 1 amide bonds. The van der Waals surface area contributed by atoms with Crippen molar-refractivity contribution in [1.29, 1.82) is 0 Å². The van der Waals surface area contributed by atoms with Crippen molar-refractivity contribution in [3.05, 3.63) is 23.8 Å². The number of carbonyl (C=O) groups excluding carboxylic acids is 1. The van der Waals surface area contributed by atoms with E-state index in [9.17, 15) is 4.79 Å². The number of rotatable bonds is 3. The van der Waals surface area contributed by atoms with Gasteiger partial charge in [0.15, 0.2) is 0 Å². The summed E-state index contributed by atoms with van der Waals surface area (Å²) in [5.74, 6) is 0. The molecule has 1 rings (SSSR count). The Bertz CT molecular complexity index is 308. The zero-order valence-corrected chi connectivity index (χ0v) is 8.16. The van der Waals surface area contributed by atoms with Gasteiger partial charge in [-0.25, -0.2) is 0 Å². The molecule has 1 aromatic rings. The summed E-state index contributed by atoms with van der Waals surface area (Å²) in [6.45, 7) is 2.04. The highest BCUT2D eigenvalue weighted by Gasteiger charge is 2.00. The summed E-state index contributed by atoms with van der Waals surface area (Å²) < 4.78 is 0. The zero-order chi connectivity index (χ0) is 9.84. The third-order valence-electron chi connectivity index (χ3n) is 1.92. The molecule has 0 spiro atoms. The molecule has 0 bridgehead atoms. The van der Waals surface area contributed by atoms with Crippen LogP contribution in [0.2, 0.25) is 0 Å². The van der Waals surface area contributed by atoms with Crippen LogP contribution in [0.3, 0.4) is 0 Å². The van der Waals surface area contributed by atoms with E-state index in [2.05, 4.69) is 5.32 Å². The number of nitrogens with one attached hydrogen (secondary N) is 1. The van der Waals surface area contributed by atoms with Crippen molar-refractivity contribution in [2.45, 2.75) is 6.92 Å².